The molecule has 1 saturated carbocycles. The topological polar surface area (TPSA) is 83.0 Å². The van der Waals surface area contributed by atoms with Crippen LogP contribution in [0.2, 0.25) is 0 Å². The Morgan fingerprint density at radius 3 is 2.26 bits per heavy atom. The van der Waals surface area contributed by atoms with E-state index in [1.807, 2.05) is 12.1 Å². The van der Waals surface area contributed by atoms with E-state index in [0.29, 0.717) is 25.6 Å². The number of rotatable bonds is 7. The van der Waals surface area contributed by atoms with Crippen LogP contribution in [0.3, 0.4) is 0 Å². The van der Waals surface area contributed by atoms with Crippen molar-refractivity contribution >= 4 is 17.8 Å². The van der Waals surface area contributed by atoms with Crippen molar-refractivity contribution in [1.82, 2.24) is 15.5 Å². The Hall–Kier alpha value is -2.83. The van der Waals surface area contributed by atoms with Crippen molar-refractivity contribution in [2.45, 2.75) is 25.7 Å². The van der Waals surface area contributed by atoms with Gasteiger partial charge < -0.3 is 15.4 Å². The summed E-state index contributed by atoms with van der Waals surface area (Å²) in [6.45, 7) is 5.85. The molecular weight excluding hydrogens is 392 g/mol. The number of fused-ring (bicyclic) bond motifs is 5. The molecule has 0 radical (unpaired) electrons. The normalized spacial score (nSPS) is 27.1. The van der Waals surface area contributed by atoms with Crippen molar-refractivity contribution in [3.05, 3.63) is 42.0 Å². The minimum atomic E-state index is -0.134. The molecule has 2 fully saturated rings. The van der Waals surface area contributed by atoms with Gasteiger partial charge in [-0.25, -0.2) is 0 Å². The smallest absolute Gasteiger partial charge is 0.233 e. The van der Waals surface area contributed by atoms with Crippen molar-refractivity contribution in [1.29, 1.82) is 0 Å². The summed E-state index contributed by atoms with van der Waals surface area (Å²) in [6.07, 6.45) is 5.20. The number of benzene rings is 1. The molecule has 0 aromatic heterocycles. The lowest BCUT2D eigenvalue weighted by atomic mass is 9.84. The summed E-state index contributed by atoms with van der Waals surface area (Å²) in [6, 6.07) is 8.07. The molecule has 2 N–H and O–H groups in total. The van der Waals surface area contributed by atoms with Crippen molar-refractivity contribution in [2.75, 3.05) is 33.8 Å². The second kappa shape index (κ2) is 8.36. The molecule has 0 spiro atoms. The number of methoxy groups -OCH3 is 1. The molecule has 2 aliphatic carbocycles. The number of likely N-dealkylation sites (tertiary alicyclic amines) is 1. The van der Waals surface area contributed by atoms with Crippen LogP contribution in [0.4, 0.5) is 0 Å². The van der Waals surface area contributed by atoms with Crippen LogP contribution in [0.15, 0.2) is 41.4 Å². The highest BCUT2D eigenvalue weighted by Gasteiger charge is 2.58. The van der Waals surface area contributed by atoms with Gasteiger partial charge in [0.2, 0.25) is 11.8 Å². The van der Waals surface area contributed by atoms with Gasteiger partial charge in [0, 0.05) is 32.1 Å². The second-order valence-corrected chi connectivity index (χ2v) is 9.29. The van der Waals surface area contributed by atoms with Gasteiger partial charge in [0.15, 0.2) is 5.96 Å². The molecule has 2 bridgehead atoms. The van der Waals surface area contributed by atoms with Gasteiger partial charge in [0.05, 0.1) is 18.9 Å². The summed E-state index contributed by atoms with van der Waals surface area (Å²) < 4.78 is 5.24. The van der Waals surface area contributed by atoms with E-state index < -0.39 is 0 Å². The maximum atomic E-state index is 12.8. The molecular formula is C24H32N4O3. The van der Waals surface area contributed by atoms with E-state index in [1.54, 1.807) is 14.2 Å². The quantitative estimate of drug-likeness (QED) is 0.303. The number of hydrogen-bond donors (Lipinski definition) is 2. The highest BCUT2D eigenvalue weighted by Crippen LogP contribution is 2.52. The standard InChI is InChI=1S/C24H32N4O3/c1-24(2,17-7-9-18(31-4)10-8-17)14-27-23(25-3)26-11-12-28-21(29)19-15-5-6-16(13-15)20(19)22(28)30/h5-10,15-16,19-20H,11-14H2,1-4H3,(H2,25,26,27). The van der Waals surface area contributed by atoms with Crippen LogP contribution in [-0.4, -0.2) is 56.5 Å². The minimum absolute atomic E-state index is 0.00256. The number of nitrogens with zero attached hydrogens (tertiary/aromatic N) is 2. The summed E-state index contributed by atoms with van der Waals surface area (Å²) in [4.78, 5) is 31.3. The maximum Gasteiger partial charge on any atom is 0.233 e. The summed E-state index contributed by atoms with van der Waals surface area (Å²) >= 11 is 0. The third-order valence-corrected chi connectivity index (χ3v) is 6.98. The Morgan fingerprint density at radius 1 is 1.10 bits per heavy atom. The lowest BCUT2D eigenvalue weighted by molar-refractivity contribution is -0.140. The van der Waals surface area contributed by atoms with Gasteiger partial charge >= 0.3 is 0 Å². The van der Waals surface area contributed by atoms with Gasteiger partial charge in [-0.05, 0) is 36.0 Å². The summed E-state index contributed by atoms with van der Waals surface area (Å²) in [5.41, 5.74) is 1.08. The number of allylic oxidation sites excluding steroid dienone is 2. The van der Waals surface area contributed by atoms with Gasteiger partial charge in [-0.2, -0.15) is 0 Å². The molecule has 1 heterocycles. The number of carbonyl (C=O) groups excluding carboxylic acids is 2. The molecule has 1 aromatic carbocycles. The molecule has 4 unspecified atom stereocenters. The maximum absolute atomic E-state index is 12.8. The Labute approximate surface area is 183 Å². The van der Waals surface area contributed by atoms with Crippen LogP contribution in [-0.2, 0) is 15.0 Å². The van der Waals surface area contributed by atoms with Crippen LogP contribution < -0.4 is 15.4 Å². The van der Waals surface area contributed by atoms with Crippen molar-refractivity contribution in [3.63, 3.8) is 0 Å². The largest absolute Gasteiger partial charge is 0.497 e. The monoisotopic (exact) mass is 424 g/mol. The number of amides is 2. The third kappa shape index (κ3) is 3.93. The molecule has 3 aliphatic rings. The van der Waals surface area contributed by atoms with Gasteiger partial charge in [0.1, 0.15) is 5.75 Å². The van der Waals surface area contributed by atoms with Crippen LogP contribution in [0.1, 0.15) is 25.8 Å². The van der Waals surface area contributed by atoms with Crippen LogP contribution >= 0.6 is 0 Å². The van der Waals surface area contributed by atoms with Crippen molar-refractivity contribution in [2.24, 2.45) is 28.7 Å². The SMILES string of the molecule is CN=C(NCCN1C(=O)C2C3C=CC(C3)C2C1=O)NCC(C)(C)c1ccc(OC)cc1. The van der Waals surface area contributed by atoms with Crippen LogP contribution in [0.5, 0.6) is 5.75 Å². The zero-order valence-corrected chi connectivity index (χ0v) is 18.7. The molecule has 7 heteroatoms. The fourth-order valence-electron chi connectivity index (χ4n) is 5.14. The predicted octanol–water partition coefficient (Wildman–Crippen LogP) is 1.94. The average molecular weight is 425 g/mol. The first-order valence-corrected chi connectivity index (χ1v) is 11.0. The minimum Gasteiger partial charge on any atom is -0.497 e. The average Bonchev–Trinajstić information content (AvgIpc) is 3.45. The van der Waals surface area contributed by atoms with E-state index in [1.165, 1.54) is 10.5 Å². The zero-order valence-electron chi connectivity index (χ0n) is 18.7. The highest BCUT2D eigenvalue weighted by molar-refractivity contribution is 6.06. The molecule has 1 aromatic rings. The summed E-state index contributed by atoms with van der Waals surface area (Å²) in [7, 11) is 3.38. The number of guanidine groups is 1. The molecule has 1 saturated heterocycles. The van der Waals surface area contributed by atoms with Crippen LogP contribution in [0, 0.1) is 23.7 Å². The van der Waals surface area contributed by atoms with E-state index in [2.05, 4.69) is 53.8 Å². The number of imide groups is 1. The van der Waals surface area contributed by atoms with Crippen molar-refractivity contribution < 1.29 is 14.3 Å². The molecule has 2 amide bonds. The highest BCUT2D eigenvalue weighted by atomic mass is 16.5. The summed E-state index contributed by atoms with van der Waals surface area (Å²) in [5, 5.41) is 6.60. The van der Waals surface area contributed by atoms with Crippen molar-refractivity contribution in [3.8, 4) is 5.75 Å². The first-order chi connectivity index (χ1) is 14.9. The second-order valence-electron chi connectivity index (χ2n) is 9.29. The Bertz CT molecular complexity index is 876. The Morgan fingerprint density at radius 2 is 1.71 bits per heavy atom. The Kier molecular flexibility index (Phi) is 5.77. The molecule has 166 valence electrons. The fraction of sp³-hybridized carbons (Fsp3) is 0.542. The molecule has 31 heavy (non-hydrogen) atoms. The number of aliphatic imine (C=N–C) groups is 1. The van der Waals surface area contributed by atoms with E-state index in [9.17, 15) is 9.59 Å². The summed E-state index contributed by atoms with van der Waals surface area (Å²) in [5.74, 6) is 1.72. The van der Waals surface area contributed by atoms with Gasteiger partial charge in [-0.1, -0.05) is 38.1 Å². The number of nitrogens with one attached hydrogen (secondary N) is 2. The van der Waals surface area contributed by atoms with E-state index in [-0.39, 0.29) is 40.9 Å². The molecule has 7 nitrogen and oxygen atoms in total. The van der Waals surface area contributed by atoms with E-state index in [4.69, 9.17) is 4.74 Å². The number of hydrogen-bond acceptors (Lipinski definition) is 4. The van der Waals surface area contributed by atoms with E-state index in [0.717, 1.165) is 12.2 Å². The van der Waals surface area contributed by atoms with E-state index >= 15 is 0 Å². The lowest BCUT2D eigenvalue weighted by Crippen LogP contribution is -2.46. The number of ether oxygens (including phenoxy) is 1. The third-order valence-electron chi connectivity index (χ3n) is 6.98. The lowest BCUT2D eigenvalue weighted by Gasteiger charge is -2.27. The predicted molar refractivity (Wildman–Crippen MR) is 120 cm³/mol. The molecule has 4 atom stereocenters. The first-order valence-electron chi connectivity index (χ1n) is 11.0. The zero-order chi connectivity index (χ0) is 22.2. The fourth-order valence-corrected chi connectivity index (χ4v) is 5.14. The number of carbonyl (C=O) groups is 2. The van der Waals surface area contributed by atoms with Gasteiger partial charge in [0.25, 0.3) is 0 Å². The first kappa shape index (κ1) is 21.4. The molecule has 1 aliphatic heterocycles. The Balaban J connectivity index is 1.27. The van der Waals surface area contributed by atoms with Gasteiger partial charge in [-0.15, -0.1) is 0 Å². The molecule has 4 rings (SSSR count). The van der Waals surface area contributed by atoms with Gasteiger partial charge in [-0.3, -0.25) is 19.5 Å². The van der Waals surface area contributed by atoms with Crippen LogP contribution in [0.25, 0.3) is 0 Å².